The van der Waals surface area contributed by atoms with Crippen LogP contribution in [0.1, 0.15) is 60.0 Å². The van der Waals surface area contributed by atoms with E-state index in [0.717, 1.165) is 36.1 Å². The van der Waals surface area contributed by atoms with Gasteiger partial charge in [0.15, 0.2) is 0 Å². The van der Waals surface area contributed by atoms with Crippen LogP contribution < -0.4 is 9.64 Å². The summed E-state index contributed by atoms with van der Waals surface area (Å²) in [5.74, 6) is 6.88. The number of benzene rings is 2. The molecule has 2 aromatic carbocycles. The Bertz CT molecular complexity index is 1120. The number of carbonyl (C=O) groups excluding carboxylic acids is 1. The lowest BCUT2D eigenvalue weighted by atomic mass is 9.96. The molecule has 1 unspecified atom stereocenters. The average molecular weight is 479 g/mol. The van der Waals surface area contributed by atoms with Gasteiger partial charge in [0.25, 0.3) is 5.91 Å². The van der Waals surface area contributed by atoms with Crippen LogP contribution in [-0.2, 0) is 6.42 Å². The minimum absolute atomic E-state index is 0.0160. The van der Waals surface area contributed by atoms with Crippen molar-refractivity contribution < 1.29 is 14.6 Å². The van der Waals surface area contributed by atoms with E-state index >= 15 is 0 Å². The lowest BCUT2D eigenvalue weighted by Crippen LogP contribution is -2.43. The molecule has 0 radical (unpaired) electrons. The highest BCUT2D eigenvalue weighted by molar-refractivity contribution is 6.32. The van der Waals surface area contributed by atoms with Gasteiger partial charge >= 0.3 is 0 Å². The molecule has 5 rings (SSSR count). The van der Waals surface area contributed by atoms with Crippen molar-refractivity contribution in [1.82, 2.24) is 4.90 Å². The minimum Gasteiger partial charge on any atom is -0.489 e. The van der Waals surface area contributed by atoms with Crippen molar-refractivity contribution in [3.63, 3.8) is 0 Å². The van der Waals surface area contributed by atoms with E-state index in [-0.39, 0.29) is 18.6 Å². The van der Waals surface area contributed by atoms with Gasteiger partial charge in [-0.2, -0.15) is 0 Å². The van der Waals surface area contributed by atoms with Gasteiger partial charge in [-0.05, 0) is 87.5 Å². The zero-order valence-corrected chi connectivity index (χ0v) is 20.4. The second-order valence-electron chi connectivity index (χ2n) is 9.58. The Morgan fingerprint density at radius 1 is 1.15 bits per heavy atom. The molecular weight excluding hydrogens is 448 g/mol. The number of nitrogens with zero attached hydrogens (tertiary/aromatic N) is 2. The molecule has 1 amide bonds. The topological polar surface area (TPSA) is 53.0 Å². The van der Waals surface area contributed by atoms with E-state index in [1.54, 1.807) is 4.90 Å². The summed E-state index contributed by atoms with van der Waals surface area (Å²) in [4.78, 5) is 17.5. The van der Waals surface area contributed by atoms with Gasteiger partial charge in [-0.15, -0.1) is 0 Å². The molecule has 0 saturated carbocycles. The van der Waals surface area contributed by atoms with Crippen LogP contribution in [0.3, 0.4) is 0 Å². The Hall–Kier alpha value is -2.52. The van der Waals surface area contributed by atoms with Gasteiger partial charge in [0, 0.05) is 48.5 Å². The molecule has 0 aromatic heterocycles. The van der Waals surface area contributed by atoms with Crippen LogP contribution in [0.15, 0.2) is 36.4 Å². The van der Waals surface area contributed by atoms with Gasteiger partial charge in [-0.1, -0.05) is 23.4 Å². The third-order valence-electron chi connectivity index (χ3n) is 7.45. The number of halogens is 1. The van der Waals surface area contributed by atoms with Crippen molar-refractivity contribution in [3.8, 4) is 17.6 Å². The van der Waals surface area contributed by atoms with Gasteiger partial charge in [0.2, 0.25) is 0 Å². The van der Waals surface area contributed by atoms with E-state index < -0.39 is 0 Å². The van der Waals surface area contributed by atoms with Gasteiger partial charge in [-0.3, -0.25) is 4.79 Å². The smallest absolute Gasteiger partial charge is 0.258 e. The van der Waals surface area contributed by atoms with Crippen molar-refractivity contribution in [1.29, 1.82) is 0 Å². The van der Waals surface area contributed by atoms with E-state index in [2.05, 4.69) is 23.8 Å². The first-order chi connectivity index (χ1) is 16.5. The lowest BCUT2D eigenvalue weighted by molar-refractivity contribution is 0.0662. The summed E-state index contributed by atoms with van der Waals surface area (Å²) in [6.45, 7) is 0.752. The summed E-state index contributed by atoms with van der Waals surface area (Å²) in [6.07, 6.45) is 6.90. The maximum Gasteiger partial charge on any atom is 0.258 e. The van der Waals surface area contributed by atoms with Gasteiger partial charge in [-0.25, -0.2) is 0 Å². The van der Waals surface area contributed by atoms with Crippen LogP contribution in [0.2, 0.25) is 5.02 Å². The number of anilines is 1. The standard InChI is InChI=1S/C28H31ClN2O3/c1-30-21-7-8-22(30)17-24(16-21)34-27-11-9-23(18-26(27)29)31-13-12-20-15-19(5-3-2-4-14-32)6-10-25(20)28(31)33/h6,9-11,15,18,21-22,24,32H,2,4,7-8,12-14,16-17H2,1H3/t21-,22+,24?. The van der Waals surface area contributed by atoms with Gasteiger partial charge in [0.1, 0.15) is 11.9 Å². The van der Waals surface area contributed by atoms with Crippen molar-refractivity contribution in [2.45, 2.75) is 63.1 Å². The number of ether oxygens (including phenoxy) is 1. The normalized spacial score (nSPS) is 23.9. The minimum atomic E-state index is -0.0160. The number of hydrogen-bond acceptors (Lipinski definition) is 4. The number of rotatable bonds is 5. The quantitative estimate of drug-likeness (QED) is 0.501. The average Bonchev–Trinajstić information content (AvgIpc) is 3.03. The highest BCUT2D eigenvalue weighted by Crippen LogP contribution is 2.38. The second kappa shape index (κ2) is 10.00. The number of aliphatic hydroxyl groups is 1. The Kier molecular flexibility index (Phi) is 6.83. The zero-order valence-electron chi connectivity index (χ0n) is 19.6. The number of fused-ring (bicyclic) bond motifs is 3. The number of aliphatic hydroxyl groups excluding tert-OH is 1. The number of carbonyl (C=O) groups is 1. The summed E-state index contributed by atoms with van der Waals surface area (Å²) < 4.78 is 6.31. The van der Waals surface area contributed by atoms with Crippen molar-refractivity contribution >= 4 is 23.2 Å². The third kappa shape index (κ3) is 4.68. The molecule has 3 atom stereocenters. The third-order valence-corrected chi connectivity index (χ3v) is 7.75. The van der Waals surface area contributed by atoms with Gasteiger partial charge in [0.05, 0.1) is 5.02 Å². The molecule has 178 valence electrons. The summed E-state index contributed by atoms with van der Waals surface area (Å²) in [7, 11) is 2.22. The highest BCUT2D eigenvalue weighted by atomic mass is 35.5. The lowest BCUT2D eigenvalue weighted by Gasteiger charge is -2.36. The Morgan fingerprint density at radius 2 is 1.94 bits per heavy atom. The molecule has 5 nitrogen and oxygen atoms in total. The Labute approximate surface area is 206 Å². The van der Waals surface area contributed by atoms with E-state index in [0.29, 0.717) is 47.8 Å². The maximum absolute atomic E-state index is 13.2. The van der Waals surface area contributed by atoms with E-state index in [1.807, 2.05) is 36.4 Å². The summed E-state index contributed by atoms with van der Waals surface area (Å²) in [5.41, 5.74) is 3.44. The van der Waals surface area contributed by atoms with Crippen LogP contribution in [-0.4, -0.2) is 54.3 Å². The summed E-state index contributed by atoms with van der Waals surface area (Å²) >= 11 is 6.62. The molecule has 2 fully saturated rings. The number of unbranched alkanes of at least 4 members (excludes halogenated alkanes) is 1. The molecule has 2 bridgehead atoms. The molecule has 3 aliphatic heterocycles. The number of hydrogen-bond donors (Lipinski definition) is 1. The first-order valence-electron chi connectivity index (χ1n) is 12.3. The summed E-state index contributed by atoms with van der Waals surface area (Å²) in [6, 6.07) is 12.7. The van der Waals surface area contributed by atoms with E-state index in [1.165, 1.54) is 12.8 Å². The van der Waals surface area contributed by atoms with Crippen LogP contribution in [0.5, 0.6) is 5.75 Å². The van der Waals surface area contributed by atoms with Crippen molar-refractivity contribution in [2.24, 2.45) is 0 Å². The predicted octanol–water partition coefficient (Wildman–Crippen LogP) is 4.67. The monoisotopic (exact) mass is 478 g/mol. The first kappa shape index (κ1) is 23.2. The molecule has 6 heteroatoms. The zero-order chi connectivity index (χ0) is 23.7. The fourth-order valence-corrected chi connectivity index (χ4v) is 5.75. The SMILES string of the molecule is CN1[C@@H]2CC[C@H]1CC(Oc1ccc(N3CCc4cc(C#CCCCO)ccc4C3=O)cc1Cl)C2. The van der Waals surface area contributed by atoms with Crippen LogP contribution in [0, 0.1) is 11.8 Å². The number of piperidine rings is 1. The molecule has 3 heterocycles. The van der Waals surface area contributed by atoms with Crippen LogP contribution >= 0.6 is 11.6 Å². The predicted molar refractivity (Wildman–Crippen MR) is 135 cm³/mol. The maximum atomic E-state index is 13.2. The first-order valence-corrected chi connectivity index (χ1v) is 12.6. The molecule has 1 N–H and O–H groups in total. The highest BCUT2D eigenvalue weighted by Gasteiger charge is 2.39. The Morgan fingerprint density at radius 3 is 2.68 bits per heavy atom. The second-order valence-corrected chi connectivity index (χ2v) is 9.99. The van der Waals surface area contributed by atoms with Crippen molar-refractivity contribution in [3.05, 3.63) is 58.1 Å². The van der Waals surface area contributed by atoms with Gasteiger partial charge < -0.3 is 19.6 Å². The number of amides is 1. The molecule has 2 saturated heterocycles. The molecule has 34 heavy (non-hydrogen) atoms. The molecule has 0 spiro atoms. The Balaban J connectivity index is 1.27. The summed E-state index contributed by atoms with van der Waals surface area (Å²) in [5, 5.41) is 9.43. The van der Waals surface area contributed by atoms with E-state index in [4.69, 9.17) is 21.4 Å². The molecule has 2 aromatic rings. The fraction of sp³-hybridized carbons (Fsp3) is 0.464. The fourth-order valence-electron chi connectivity index (χ4n) is 5.54. The van der Waals surface area contributed by atoms with Crippen LogP contribution in [0.25, 0.3) is 0 Å². The van der Waals surface area contributed by atoms with E-state index in [9.17, 15) is 4.79 Å². The molecule has 0 aliphatic carbocycles. The van der Waals surface area contributed by atoms with Crippen molar-refractivity contribution in [2.75, 3.05) is 25.1 Å². The van der Waals surface area contributed by atoms with Crippen LogP contribution in [0.4, 0.5) is 5.69 Å². The molecule has 3 aliphatic rings. The molecular formula is C28H31ClN2O3. The largest absolute Gasteiger partial charge is 0.489 e.